The summed E-state index contributed by atoms with van der Waals surface area (Å²) in [7, 11) is 0. The maximum absolute atomic E-state index is 13.3. The highest BCUT2D eigenvalue weighted by Crippen LogP contribution is 2.07. The second kappa shape index (κ2) is 15.8. The highest BCUT2D eigenvalue weighted by Gasteiger charge is 2.31. The van der Waals surface area contributed by atoms with Crippen molar-refractivity contribution < 1.29 is 29.1 Å². The molecule has 0 aliphatic rings. The van der Waals surface area contributed by atoms with E-state index >= 15 is 0 Å². The molecule has 0 bridgehead atoms. The average Bonchev–Trinajstić information content (AvgIpc) is 3.59. The molecule has 2 heterocycles. The smallest absolute Gasteiger partial charge is 0.326 e. The van der Waals surface area contributed by atoms with Gasteiger partial charge in [-0.2, -0.15) is 0 Å². The Kier molecular flexibility index (Phi) is 12.5. The molecule has 2 rings (SSSR count). The molecule has 0 radical (unpaired) electrons. The molecule has 0 aliphatic heterocycles. The Morgan fingerprint density at radius 2 is 1.38 bits per heavy atom. The van der Waals surface area contributed by atoms with E-state index in [2.05, 4.69) is 35.9 Å². The summed E-state index contributed by atoms with van der Waals surface area (Å²) in [6.07, 6.45) is 6.65. The summed E-state index contributed by atoms with van der Waals surface area (Å²) in [5.41, 5.74) is 17.8. The van der Waals surface area contributed by atoms with Gasteiger partial charge in [0.2, 0.25) is 23.6 Å². The van der Waals surface area contributed by atoms with Gasteiger partial charge in [0.1, 0.15) is 18.1 Å². The minimum Gasteiger partial charge on any atom is -0.480 e. The first-order valence-corrected chi connectivity index (χ1v) is 12.4. The molecule has 12 N–H and O–H groups in total. The first kappa shape index (κ1) is 30.9. The fourth-order valence-corrected chi connectivity index (χ4v) is 3.68. The molecule has 2 aromatic heterocycles. The van der Waals surface area contributed by atoms with Crippen molar-refractivity contribution in [2.24, 2.45) is 17.2 Å². The molecule has 0 fully saturated rings. The third-order valence-electron chi connectivity index (χ3n) is 5.82. The van der Waals surface area contributed by atoms with E-state index in [1.807, 2.05) is 0 Å². The van der Waals surface area contributed by atoms with E-state index in [9.17, 15) is 29.1 Å². The van der Waals surface area contributed by atoms with Gasteiger partial charge in [0.25, 0.3) is 0 Å². The number of nitrogens with zero attached hydrogens (tertiary/aromatic N) is 2. The molecule has 0 unspecified atom stereocenters. The van der Waals surface area contributed by atoms with Crippen LogP contribution < -0.4 is 33.2 Å². The third kappa shape index (κ3) is 10.9. The minimum absolute atomic E-state index is 0.0185. The number of aromatic nitrogens is 4. The van der Waals surface area contributed by atoms with Crippen LogP contribution in [0.15, 0.2) is 25.0 Å². The number of aliphatic carboxylic acids is 1. The number of nitrogens with two attached hydrogens (primary N) is 3. The molecule has 214 valence electrons. The number of unbranched alkanes of at least 4 members (excludes halogenated alkanes) is 1. The van der Waals surface area contributed by atoms with Crippen molar-refractivity contribution in [2.45, 2.75) is 69.1 Å². The van der Waals surface area contributed by atoms with Crippen molar-refractivity contribution in [3.63, 3.8) is 0 Å². The molecule has 0 saturated heterocycles. The van der Waals surface area contributed by atoms with Crippen LogP contribution in [0, 0.1) is 0 Å². The predicted octanol–water partition coefficient (Wildman–Crippen LogP) is -2.82. The number of rotatable bonds is 18. The molecule has 4 atom stereocenters. The standard InChI is InChI=1S/C23H36N10O6/c24-6-2-1-3-17(23(38)39)32-21(36)16(4-5-19(26)34)31-22(37)18(8-14-10-28-12-30-14)33-20(35)15(25)7-13-9-27-11-29-13/h9-12,15-18H,1-8,24-25H2,(H2,26,34)(H,27,29)(H,28,30)(H,31,37)(H,32,36)(H,33,35)(H,38,39)/t15-,16-,17-,18-/m0/s1. The van der Waals surface area contributed by atoms with E-state index in [1.54, 1.807) is 0 Å². The second-order valence-electron chi connectivity index (χ2n) is 8.98. The van der Waals surface area contributed by atoms with Crippen molar-refractivity contribution in [1.29, 1.82) is 0 Å². The zero-order valence-corrected chi connectivity index (χ0v) is 21.4. The Bertz CT molecular complexity index is 1080. The molecule has 0 spiro atoms. The number of hydrogen-bond acceptors (Lipinski definition) is 9. The molecule has 2 aromatic rings. The number of H-pyrrole nitrogens is 2. The molecule has 0 aromatic carbocycles. The number of hydrogen-bond donors (Lipinski definition) is 9. The van der Waals surface area contributed by atoms with E-state index in [1.165, 1.54) is 25.0 Å². The summed E-state index contributed by atoms with van der Waals surface area (Å²) in [5.74, 6) is -4.17. The van der Waals surface area contributed by atoms with Crippen LogP contribution in [-0.4, -0.2) is 85.4 Å². The lowest BCUT2D eigenvalue weighted by molar-refractivity contribution is -0.142. The number of aromatic amines is 2. The van der Waals surface area contributed by atoms with Crippen LogP contribution in [0.2, 0.25) is 0 Å². The third-order valence-corrected chi connectivity index (χ3v) is 5.82. The van der Waals surface area contributed by atoms with Crippen molar-refractivity contribution in [1.82, 2.24) is 35.9 Å². The first-order chi connectivity index (χ1) is 18.6. The zero-order valence-electron chi connectivity index (χ0n) is 21.4. The summed E-state index contributed by atoms with van der Waals surface area (Å²) < 4.78 is 0. The van der Waals surface area contributed by atoms with Crippen LogP contribution in [0.4, 0.5) is 0 Å². The van der Waals surface area contributed by atoms with Crippen LogP contribution in [-0.2, 0) is 36.8 Å². The predicted molar refractivity (Wildman–Crippen MR) is 137 cm³/mol. The summed E-state index contributed by atoms with van der Waals surface area (Å²) in [6.45, 7) is 0.368. The molecule has 39 heavy (non-hydrogen) atoms. The van der Waals surface area contributed by atoms with Gasteiger partial charge in [-0.1, -0.05) is 0 Å². The largest absolute Gasteiger partial charge is 0.480 e. The Morgan fingerprint density at radius 3 is 1.92 bits per heavy atom. The fraction of sp³-hybridized carbons (Fsp3) is 0.522. The van der Waals surface area contributed by atoms with E-state index in [0.717, 1.165) is 0 Å². The Hall–Kier alpha value is -4.31. The Balaban J connectivity index is 2.16. The second-order valence-corrected chi connectivity index (χ2v) is 8.98. The summed E-state index contributed by atoms with van der Waals surface area (Å²) in [6, 6.07) is -4.73. The minimum atomic E-state index is -1.30. The number of carbonyl (C=O) groups is 5. The van der Waals surface area contributed by atoms with Crippen molar-refractivity contribution in [3.8, 4) is 0 Å². The van der Waals surface area contributed by atoms with Gasteiger partial charge in [-0.05, 0) is 32.2 Å². The van der Waals surface area contributed by atoms with Gasteiger partial charge in [0.15, 0.2) is 0 Å². The molecular weight excluding hydrogens is 512 g/mol. The number of primary amides is 1. The molecule has 16 heteroatoms. The zero-order chi connectivity index (χ0) is 28.8. The Morgan fingerprint density at radius 1 is 0.821 bits per heavy atom. The fourth-order valence-electron chi connectivity index (χ4n) is 3.68. The monoisotopic (exact) mass is 548 g/mol. The van der Waals surface area contributed by atoms with E-state index in [0.29, 0.717) is 30.8 Å². The van der Waals surface area contributed by atoms with Gasteiger partial charge in [-0.3, -0.25) is 19.2 Å². The van der Waals surface area contributed by atoms with E-state index < -0.39 is 53.8 Å². The van der Waals surface area contributed by atoms with Crippen molar-refractivity contribution >= 4 is 29.6 Å². The molecule has 16 nitrogen and oxygen atoms in total. The van der Waals surface area contributed by atoms with Gasteiger partial charge < -0.3 is 48.2 Å². The number of amides is 4. The van der Waals surface area contributed by atoms with Crippen molar-refractivity contribution in [2.75, 3.05) is 6.54 Å². The Labute approximate surface area is 224 Å². The topological polar surface area (TPSA) is 277 Å². The van der Waals surface area contributed by atoms with Crippen LogP contribution >= 0.6 is 0 Å². The molecule has 0 aliphatic carbocycles. The van der Waals surface area contributed by atoms with E-state index in [4.69, 9.17) is 17.2 Å². The van der Waals surface area contributed by atoms with Crippen molar-refractivity contribution in [3.05, 3.63) is 36.4 Å². The maximum atomic E-state index is 13.3. The van der Waals surface area contributed by atoms with Gasteiger partial charge in [-0.25, -0.2) is 14.8 Å². The number of carboxylic acids is 1. The van der Waals surface area contributed by atoms with E-state index in [-0.39, 0.29) is 32.1 Å². The number of imidazole rings is 2. The van der Waals surface area contributed by atoms with Crippen LogP contribution in [0.5, 0.6) is 0 Å². The summed E-state index contributed by atoms with van der Waals surface area (Å²) in [4.78, 5) is 75.6. The molecule has 0 saturated carbocycles. The first-order valence-electron chi connectivity index (χ1n) is 12.4. The highest BCUT2D eigenvalue weighted by atomic mass is 16.4. The lowest BCUT2D eigenvalue weighted by Gasteiger charge is -2.25. The molecule has 4 amide bonds. The summed E-state index contributed by atoms with van der Waals surface area (Å²) in [5, 5.41) is 17.0. The SMILES string of the molecule is NCCCC[C@H](NC(=O)[C@H](CCC(N)=O)NC(=O)[C@H](Cc1cnc[nH]1)NC(=O)[C@@H](N)Cc1cnc[nH]1)C(=O)O. The van der Waals surface area contributed by atoms with Gasteiger partial charge >= 0.3 is 5.97 Å². The highest BCUT2D eigenvalue weighted by molar-refractivity contribution is 5.94. The van der Waals surface area contributed by atoms with Gasteiger partial charge in [-0.15, -0.1) is 0 Å². The lowest BCUT2D eigenvalue weighted by Crippen LogP contribution is -2.58. The summed E-state index contributed by atoms with van der Waals surface area (Å²) >= 11 is 0. The average molecular weight is 549 g/mol. The van der Waals surface area contributed by atoms with Gasteiger partial charge in [0, 0.05) is 43.0 Å². The van der Waals surface area contributed by atoms with Crippen LogP contribution in [0.1, 0.15) is 43.5 Å². The van der Waals surface area contributed by atoms with Crippen LogP contribution in [0.3, 0.4) is 0 Å². The number of nitrogens with one attached hydrogen (secondary N) is 5. The van der Waals surface area contributed by atoms with Gasteiger partial charge in [0.05, 0.1) is 18.7 Å². The number of carbonyl (C=O) groups excluding carboxylic acids is 4. The normalized spacial score (nSPS) is 14.0. The number of carboxylic acid groups (broad SMARTS) is 1. The maximum Gasteiger partial charge on any atom is 0.326 e. The lowest BCUT2D eigenvalue weighted by atomic mass is 10.0. The molecular formula is C23H36N10O6. The van der Waals surface area contributed by atoms with Crippen LogP contribution in [0.25, 0.3) is 0 Å². The quantitative estimate of drug-likeness (QED) is 0.0861.